The number of carbonyl (C=O) groups is 1. The van der Waals surface area contributed by atoms with Gasteiger partial charge >= 0.3 is 0 Å². The molecule has 1 fully saturated rings. The van der Waals surface area contributed by atoms with E-state index < -0.39 is 0 Å². The zero-order valence-corrected chi connectivity index (χ0v) is 10.1. The van der Waals surface area contributed by atoms with Crippen molar-refractivity contribution in [2.45, 2.75) is 46.1 Å². The largest absolute Gasteiger partial charge is 0.299 e. The number of ketones is 1. The minimum absolute atomic E-state index is 0.296. The second-order valence-corrected chi connectivity index (χ2v) is 4.86. The zero-order chi connectivity index (χ0) is 11.5. The highest BCUT2D eigenvalue weighted by Gasteiger charge is 2.29. The Morgan fingerprint density at radius 1 is 1.56 bits per heavy atom. The van der Waals surface area contributed by atoms with Gasteiger partial charge in [-0.15, -0.1) is 0 Å². The van der Waals surface area contributed by atoms with Crippen molar-refractivity contribution in [3.8, 4) is 0 Å². The van der Waals surface area contributed by atoms with E-state index in [1.165, 1.54) is 12.8 Å². The summed E-state index contributed by atoms with van der Waals surface area (Å²) >= 11 is 0. The SMILES string of the molecule is CCn1cc(CC(=O)C2CCCC2C)cn1. The molecule has 16 heavy (non-hydrogen) atoms. The Labute approximate surface area is 96.8 Å². The number of hydrogen-bond donors (Lipinski definition) is 0. The number of nitrogens with zero attached hydrogens (tertiary/aromatic N) is 2. The molecule has 0 radical (unpaired) electrons. The Balaban J connectivity index is 1.96. The molecule has 2 atom stereocenters. The van der Waals surface area contributed by atoms with Gasteiger partial charge in [0.1, 0.15) is 5.78 Å². The van der Waals surface area contributed by atoms with Gasteiger partial charge in [-0.1, -0.05) is 13.3 Å². The van der Waals surface area contributed by atoms with Crippen molar-refractivity contribution < 1.29 is 4.79 Å². The fraction of sp³-hybridized carbons (Fsp3) is 0.692. The Morgan fingerprint density at radius 3 is 2.94 bits per heavy atom. The lowest BCUT2D eigenvalue weighted by molar-refractivity contribution is -0.123. The topological polar surface area (TPSA) is 34.9 Å². The van der Waals surface area contributed by atoms with Crippen molar-refractivity contribution in [3.05, 3.63) is 18.0 Å². The van der Waals surface area contributed by atoms with E-state index in [0.29, 0.717) is 24.0 Å². The molecule has 1 heterocycles. The van der Waals surface area contributed by atoms with Crippen LogP contribution in [0.5, 0.6) is 0 Å². The first-order valence-electron chi connectivity index (χ1n) is 6.24. The third-order valence-electron chi connectivity index (χ3n) is 3.66. The Kier molecular flexibility index (Phi) is 3.42. The lowest BCUT2D eigenvalue weighted by Crippen LogP contribution is -2.18. The molecule has 1 saturated carbocycles. The molecule has 1 aliphatic carbocycles. The van der Waals surface area contributed by atoms with Gasteiger partial charge in [-0.05, 0) is 31.2 Å². The molecule has 0 N–H and O–H groups in total. The first kappa shape index (κ1) is 11.4. The molecular formula is C13H20N2O. The van der Waals surface area contributed by atoms with Gasteiger partial charge in [-0.3, -0.25) is 9.48 Å². The second kappa shape index (κ2) is 4.81. The third kappa shape index (κ3) is 2.34. The van der Waals surface area contributed by atoms with Crippen LogP contribution in [-0.2, 0) is 17.8 Å². The molecule has 1 aliphatic rings. The molecule has 1 aromatic rings. The van der Waals surface area contributed by atoms with E-state index in [1.807, 2.05) is 17.1 Å². The summed E-state index contributed by atoms with van der Waals surface area (Å²) < 4.78 is 1.88. The maximum atomic E-state index is 12.1. The number of rotatable bonds is 4. The van der Waals surface area contributed by atoms with Crippen molar-refractivity contribution in [1.29, 1.82) is 0 Å². The minimum Gasteiger partial charge on any atom is -0.299 e. The van der Waals surface area contributed by atoms with Crippen LogP contribution in [0.25, 0.3) is 0 Å². The normalized spacial score (nSPS) is 24.9. The molecule has 2 unspecified atom stereocenters. The first-order valence-corrected chi connectivity index (χ1v) is 6.24. The molecular weight excluding hydrogens is 200 g/mol. The standard InChI is InChI=1S/C13H20N2O/c1-3-15-9-11(8-14-15)7-13(16)12-6-4-5-10(12)2/h8-10,12H,3-7H2,1-2H3. The summed E-state index contributed by atoms with van der Waals surface area (Å²) in [6.45, 7) is 5.12. The van der Waals surface area contributed by atoms with E-state index in [2.05, 4.69) is 18.9 Å². The smallest absolute Gasteiger partial charge is 0.140 e. The summed E-state index contributed by atoms with van der Waals surface area (Å²) in [5, 5.41) is 4.20. The van der Waals surface area contributed by atoms with Crippen molar-refractivity contribution in [2.24, 2.45) is 11.8 Å². The molecule has 0 bridgehead atoms. The molecule has 3 nitrogen and oxygen atoms in total. The van der Waals surface area contributed by atoms with E-state index in [-0.39, 0.29) is 0 Å². The van der Waals surface area contributed by atoms with Gasteiger partial charge in [-0.2, -0.15) is 5.10 Å². The van der Waals surface area contributed by atoms with Crippen molar-refractivity contribution >= 4 is 5.78 Å². The summed E-state index contributed by atoms with van der Waals surface area (Å²) in [5.74, 6) is 1.28. The van der Waals surface area contributed by atoms with Crippen molar-refractivity contribution in [3.63, 3.8) is 0 Å². The molecule has 0 aromatic carbocycles. The van der Waals surface area contributed by atoms with E-state index in [1.54, 1.807) is 0 Å². The fourth-order valence-electron chi connectivity index (χ4n) is 2.63. The van der Waals surface area contributed by atoms with E-state index in [4.69, 9.17) is 0 Å². The van der Waals surface area contributed by atoms with Crippen LogP contribution >= 0.6 is 0 Å². The minimum atomic E-state index is 0.296. The molecule has 1 aromatic heterocycles. The van der Waals surface area contributed by atoms with Crippen LogP contribution in [-0.4, -0.2) is 15.6 Å². The van der Waals surface area contributed by atoms with Gasteiger partial charge in [0.25, 0.3) is 0 Å². The van der Waals surface area contributed by atoms with Gasteiger partial charge in [0.05, 0.1) is 6.20 Å². The number of carbonyl (C=O) groups excluding carboxylic acids is 1. The number of aromatic nitrogens is 2. The van der Waals surface area contributed by atoms with Crippen LogP contribution < -0.4 is 0 Å². The van der Waals surface area contributed by atoms with Crippen LogP contribution in [0, 0.1) is 11.8 Å². The maximum Gasteiger partial charge on any atom is 0.140 e. The van der Waals surface area contributed by atoms with Gasteiger partial charge in [0.2, 0.25) is 0 Å². The first-order chi connectivity index (χ1) is 7.70. The zero-order valence-electron chi connectivity index (χ0n) is 10.1. The van der Waals surface area contributed by atoms with Crippen LogP contribution in [0.4, 0.5) is 0 Å². The average molecular weight is 220 g/mol. The molecule has 3 heteroatoms. The average Bonchev–Trinajstić information content (AvgIpc) is 2.86. The van der Waals surface area contributed by atoms with Crippen molar-refractivity contribution in [2.75, 3.05) is 0 Å². The predicted octanol–water partition coefficient (Wildman–Crippen LogP) is 2.45. The van der Waals surface area contributed by atoms with Crippen LogP contribution in [0.2, 0.25) is 0 Å². The lowest BCUT2D eigenvalue weighted by atomic mass is 9.91. The summed E-state index contributed by atoms with van der Waals surface area (Å²) in [5.41, 5.74) is 1.06. The fourth-order valence-corrected chi connectivity index (χ4v) is 2.63. The molecule has 0 aliphatic heterocycles. The van der Waals surface area contributed by atoms with Gasteiger partial charge < -0.3 is 0 Å². The number of hydrogen-bond acceptors (Lipinski definition) is 2. The van der Waals surface area contributed by atoms with E-state index in [0.717, 1.165) is 18.5 Å². The van der Waals surface area contributed by atoms with E-state index in [9.17, 15) is 4.79 Å². The molecule has 0 amide bonds. The summed E-state index contributed by atoms with van der Waals surface area (Å²) in [6, 6.07) is 0. The summed E-state index contributed by atoms with van der Waals surface area (Å²) in [6.07, 6.45) is 7.88. The van der Waals surface area contributed by atoms with Crippen LogP contribution in [0.3, 0.4) is 0 Å². The predicted molar refractivity (Wildman–Crippen MR) is 63.1 cm³/mol. The highest BCUT2D eigenvalue weighted by atomic mass is 16.1. The highest BCUT2D eigenvalue weighted by molar-refractivity contribution is 5.83. The quantitative estimate of drug-likeness (QED) is 0.781. The summed E-state index contributed by atoms with van der Waals surface area (Å²) in [4.78, 5) is 12.1. The molecule has 88 valence electrons. The Morgan fingerprint density at radius 2 is 2.38 bits per heavy atom. The second-order valence-electron chi connectivity index (χ2n) is 4.86. The maximum absolute atomic E-state index is 12.1. The molecule has 0 spiro atoms. The Bertz CT molecular complexity index is 370. The van der Waals surface area contributed by atoms with Crippen LogP contribution in [0.1, 0.15) is 38.7 Å². The van der Waals surface area contributed by atoms with E-state index >= 15 is 0 Å². The lowest BCUT2D eigenvalue weighted by Gasteiger charge is -2.12. The Hall–Kier alpha value is -1.12. The number of Topliss-reactive ketones (excluding diaryl/α,β-unsaturated/α-hetero) is 1. The summed E-state index contributed by atoms with van der Waals surface area (Å²) in [7, 11) is 0. The highest BCUT2D eigenvalue weighted by Crippen LogP contribution is 2.32. The number of aryl methyl sites for hydroxylation is 1. The van der Waals surface area contributed by atoms with Crippen molar-refractivity contribution in [1.82, 2.24) is 9.78 Å². The van der Waals surface area contributed by atoms with Crippen LogP contribution in [0.15, 0.2) is 12.4 Å². The molecule has 2 rings (SSSR count). The third-order valence-corrected chi connectivity index (χ3v) is 3.66. The molecule has 0 saturated heterocycles. The monoisotopic (exact) mass is 220 g/mol. The van der Waals surface area contributed by atoms with Gasteiger partial charge in [-0.25, -0.2) is 0 Å². The van der Waals surface area contributed by atoms with Gasteiger partial charge in [0.15, 0.2) is 0 Å². The van der Waals surface area contributed by atoms with Gasteiger partial charge in [0, 0.05) is 25.1 Å².